The second-order valence-corrected chi connectivity index (χ2v) is 14.1. The zero-order valence-corrected chi connectivity index (χ0v) is 28.7. The third kappa shape index (κ3) is 13.1. The first kappa shape index (κ1) is 34.9. The van der Waals surface area contributed by atoms with E-state index in [9.17, 15) is 0 Å². The number of rotatable bonds is 9. The minimum Gasteiger partial charge on any atom is -0.382 e. The van der Waals surface area contributed by atoms with Crippen molar-refractivity contribution in [1.29, 1.82) is 0 Å². The molecule has 3 aliphatic rings. The molecule has 3 aromatic rings. The van der Waals surface area contributed by atoms with Crippen LogP contribution < -0.4 is 16.0 Å². The molecule has 3 saturated carbocycles. The molecule has 0 radical (unpaired) electrons. The van der Waals surface area contributed by atoms with Crippen LogP contribution in [0, 0.1) is 17.8 Å². The van der Waals surface area contributed by atoms with Crippen LogP contribution in [0.4, 0.5) is 17.1 Å². The van der Waals surface area contributed by atoms with Crippen LogP contribution in [0.5, 0.6) is 0 Å². The van der Waals surface area contributed by atoms with Crippen molar-refractivity contribution in [3.05, 3.63) is 91.0 Å². The number of hydrogen-bond donors (Lipinski definition) is 3. The van der Waals surface area contributed by atoms with Gasteiger partial charge in [0.15, 0.2) is 0 Å². The molecule has 0 heterocycles. The van der Waals surface area contributed by atoms with Crippen LogP contribution in [0.15, 0.2) is 91.0 Å². The van der Waals surface area contributed by atoms with Gasteiger partial charge in [-0.2, -0.15) is 0 Å². The summed E-state index contributed by atoms with van der Waals surface area (Å²) in [5.74, 6) is 2.62. The van der Waals surface area contributed by atoms with Crippen LogP contribution in [-0.2, 0) is 0 Å². The van der Waals surface area contributed by atoms with Crippen LogP contribution >= 0.6 is 0 Å². The molecule has 3 nitrogen and oxygen atoms in total. The molecule has 45 heavy (non-hydrogen) atoms. The molecular weight excluding hydrogens is 546 g/mol. The lowest BCUT2D eigenvalue weighted by Gasteiger charge is -2.29. The highest BCUT2D eigenvalue weighted by Crippen LogP contribution is 2.30. The highest BCUT2D eigenvalue weighted by atomic mass is 14.9. The highest BCUT2D eigenvalue weighted by molar-refractivity contribution is 5.44. The molecule has 3 aliphatic carbocycles. The average Bonchev–Trinajstić information content (AvgIpc) is 3.11. The molecule has 0 spiro atoms. The lowest BCUT2D eigenvalue weighted by atomic mass is 9.84. The standard InChI is InChI=1S/3C14H21N/c3*1-12(13-8-4-2-5-9-13)15-14-10-6-3-7-11-14/h3*3,6-7,10-13,15H,2,4-5,8-9H2,1H3. The molecule has 0 aromatic heterocycles. The van der Waals surface area contributed by atoms with Crippen molar-refractivity contribution in [3.63, 3.8) is 0 Å². The number of para-hydroxylation sites is 3. The second-order valence-electron chi connectivity index (χ2n) is 14.1. The summed E-state index contributed by atoms with van der Waals surface area (Å²) in [6, 6.07) is 33.5. The fourth-order valence-electron chi connectivity index (χ4n) is 7.65. The number of hydrogen-bond acceptors (Lipinski definition) is 3. The van der Waals surface area contributed by atoms with E-state index in [1.165, 1.54) is 113 Å². The molecule has 3 N–H and O–H groups in total. The topological polar surface area (TPSA) is 36.1 Å². The van der Waals surface area contributed by atoms with E-state index in [-0.39, 0.29) is 0 Å². The van der Waals surface area contributed by atoms with Gasteiger partial charge in [-0.3, -0.25) is 0 Å². The SMILES string of the molecule is CC(Nc1ccccc1)C1CCCCC1.CC(Nc1ccccc1)C1CCCCC1.CC(Nc1ccccc1)C1CCCCC1. The van der Waals surface area contributed by atoms with Gasteiger partial charge in [0.2, 0.25) is 0 Å². The van der Waals surface area contributed by atoms with E-state index >= 15 is 0 Å². The smallest absolute Gasteiger partial charge is 0.0342 e. The van der Waals surface area contributed by atoms with Gasteiger partial charge in [0, 0.05) is 35.2 Å². The molecule has 3 unspecified atom stereocenters. The Balaban J connectivity index is 0.000000154. The van der Waals surface area contributed by atoms with Crippen molar-refractivity contribution >= 4 is 17.1 Å². The maximum absolute atomic E-state index is 3.61. The Kier molecular flexibility index (Phi) is 15.7. The second kappa shape index (κ2) is 20.2. The summed E-state index contributed by atoms with van der Waals surface area (Å²) in [6.07, 6.45) is 21.3. The van der Waals surface area contributed by atoms with Crippen LogP contribution in [0.2, 0.25) is 0 Å². The molecule has 0 aliphatic heterocycles. The molecule has 3 fully saturated rings. The lowest BCUT2D eigenvalue weighted by molar-refractivity contribution is 0.328. The van der Waals surface area contributed by atoms with Gasteiger partial charge in [0.05, 0.1) is 0 Å². The third-order valence-corrected chi connectivity index (χ3v) is 10.6. The van der Waals surface area contributed by atoms with Gasteiger partial charge < -0.3 is 16.0 Å². The maximum atomic E-state index is 3.61. The number of anilines is 3. The summed E-state index contributed by atoms with van der Waals surface area (Å²) in [7, 11) is 0. The Morgan fingerprint density at radius 2 is 0.578 bits per heavy atom. The van der Waals surface area contributed by atoms with Gasteiger partial charge in [-0.05, 0) is 113 Å². The van der Waals surface area contributed by atoms with E-state index in [1.54, 1.807) is 0 Å². The first-order chi connectivity index (χ1) is 22.1. The highest BCUT2D eigenvalue weighted by Gasteiger charge is 2.21. The normalized spacial score (nSPS) is 19.8. The molecule has 3 atom stereocenters. The van der Waals surface area contributed by atoms with Crippen LogP contribution in [0.3, 0.4) is 0 Å². The van der Waals surface area contributed by atoms with Crippen molar-refractivity contribution in [3.8, 4) is 0 Å². The maximum Gasteiger partial charge on any atom is 0.0342 e. The fraction of sp³-hybridized carbons (Fsp3) is 0.571. The van der Waals surface area contributed by atoms with Gasteiger partial charge in [-0.1, -0.05) is 112 Å². The van der Waals surface area contributed by atoms with E-state index in [0.717, 1.165) is 17.8 Å². The lowest BCUT2D eigenvalue weighted by Crippen LogP contribution is -2.27. The van der Waals surface area contributed by atoms with Crippen molar-refractivity contribution in [2.45, 2.75) is 135 Å². The molecule has 0 bridgehead atoms. The van der Waals surface area contributed by atoms with Crippen molar-refractivity contribution in [2.75, 3.05) is 16.0 Å². The summed E-state index contributed by atoms with van der Waals surface area (Å²) >= 11 is 0. The number of benzene rings is 3. The van der Waals surface area contributed by atoms with Crippen LogP contribution in [-0.4, -0.2) is 18.1 Å². The molecule has 246 valence electrons. The molecular formula is C42H63N3. The third-order valence-electron chi connectivity index (χ3n) is 10.6. The van der Waals surface area contributed by atoms with E-state index in [0.29, 0.717) is 18.1 Å². The van der Waals surface area contributed by atoms with E-state index in [1.807, 2.05) is 0 Å². The van der Waals surface area contributed by atoms with Crippen LogP contribution in [0.1, 0.15) is 117 Å². The van der Waals surface area contributed by atoms with Crippen molar-refractivity contribution < 1.29 is 0 Å². The summed E-state index contributed by atoms with van der Waals surface area (Å²) < 4.78 is 0. The first-order valence-corrected chi connectivity index (χ1v) is 18.5. The zero-order chi connectivity index (χ0) is 31.5. The van der Waals surface area contributed by atoms with E-state index in [4.69, 9.17) is 0 Å². The van der Waals surface area contributed by atoms with Gasteiger partial charge in [0.1, 0.15) is 0 Å². The summed E-state index contributed by atoms with van der Waals surface area (Å²) in [5.41, 5.74) is 3.78. The van der Waals surface area contributed by atoms with Gasteiger partial charge in [-0.15, -0.1) is 0 Å². The Hall–Kier alpha value is -2.94. The Bertz CT molecular complexity index is 970. The van der Waals surface area contributed by atoms with E-state index in [2.05, 4.69) is 128 Å². The van der Waals surface area contributed by atoms with Gasteiger partial charge in [-0.25, -0.2) is 0 Å². The minimum absolute atomic E-state index is 0.618. The zero-order valence-electron chi connectivity index (χ0n) is 28.7. The van der Waals surface area contributed by atoms with Gasteiger partial charge in [0.25, 0.3) is 0 Å². The molecule has 6 rings (SSSR count). The quantitative estimate of drug-likeness (QED) is 0.226. The van der Waals surface area contributed by atoms with E-state index < -0.39 is 0 Å². The molecule has 3 heteroatoms. The molecule has 0 saturated heterocycles. The summed E-state index contributed by atoms with van der Waals surface area (Å²) in [4.78, 5) is 0. The molecule has 3 aromatic carbocycles. The van der Waals surface area contributed by atoms with Crippen molar-refractivity contribution in [1.82, 2.24) is 0 Å². The van der Waals surface area contributed by atoms with Crippen LogP contribution in [0.25, 0.3) is 0 Å². The first-order valence-electron chi connectivity index (χ1n) is 18.5. The van der Waals surface area contributed by atoms with Crippen molar-refractivity contribution in [2.24, 2.45) is 17.8 Å². The Labute approximate surface area is 276 Å². The fourth-order valence-corrected chi connectivity index (χ4v) is 7.65. The summed E-state index contributed by atoms with van der Waals surface area (Å²) in [6.45, 7) is 6.97. The minimum atomic E-state index is 0.618. The monoisotopic (exact) mass is 610 g/mol. The predicted octanol–water partition coefficient (Wildman–Crippen LogP) is 12.2. The Morgan fingerprint density at radius 3 is 0.800 bits per heavy atom. The Morgan fingerprint density at radius 1 is 0.356 bits per heavy atom. The van der Waals surface area contributed by atoms with Gasteiger partial charge >= 0.3 is 0 Å². The average molecular weight is 610 g/mol. The summed E-state index contributed by atoms with van der Waals surface area (Å²) in [5, 5.41) is 10.8. The predicted molar refractivity (Wildman–Crippen MR) is 198 cm³/mol. The number of nitrogens with one attached hydrogen (secondary N) is 3. The largest absolute Gasteiger partial charge is 0.382 e. The molecule has 0 amide bonds.